The fourth-order valence-electron chi connectivity index (χ4n) is 2.73. The van der Waals surface area contributed by atoms with Crippen LogP contribution in [0.4, 0.5) is 4.39 Å². The topological polar surface area (TPSA) is 42.0 Å². The highest BCUT2D eigenvalue weighted by molar-refractivity contribution is 7.15. The average molecular weight is 304 g/mol. The van der Waals surface area contributed by atoms with Gasteiger partial charge in [-0.15, -0.1) is 11.3 Å². The van der Waals surface area contributed by atoms with Crippen molar-refractivity contribution in [3.8, 4) is 10.4 Å². The third-order valence-corrected chi connectivity index (χ3v) is 4.76. The first-order chi connectivity index (χ1) is 10.1. The number of rotatable bonds is 3. The van der Waals surface area contributed by atoms with Crippen LogP contribution in [0, 0.1) is 12.7 Å². The van der Waals surface area contributed by atoms with E-state index in [-0.39, 0.29) is 17.8 Å². The Balaban J connectivity index is 1.92. The van der Waals surface area contributed by atoms with Crippen molar-refractivity contribution in [1.82, 2.24) is 10.3 Å². The molecule has 0 saturated heterocycles. The molecule has 0 unspecified atom stereocenters. The van der Waals surface area contributed by atoms with Crippen molar-refractivity contribution in [3.63, 3.8) is 0 Å². The van der Waals surface area contributed by atoms with Gasteiger partial charge in [-0.05, 0) is 25.8 Å². The Morgan fingerprint density at radius 3 is 2.76 bits per heavy atom. The number of amides is 1. The van der Waals surface area contributed by atoms with E-state index in [1.54, 1.807) is 18.2 Å². The van der Waals surface area contributed by atoms with Crippen molar-refractivity contribution in [3.05, 3.63) is 40.8 Å². The van der Waals surface area contributed by atoms with E-state index in [1.165, 1.54) is 17.4 Å². The summed E-state index contributed by atoms with van der Waals surface area (Å²) in [6.07, 6.45) is 4.34. The van der Waals surface area contributed by atoms with Crippen LogP contribution < -0.4 is 5.32 Å². The zero-order chi connectivity index (χ0) is 14.8. The molecule has 5 heteroatoms. The Morgan fingerprint density at radius 2 is 2.05 bits per heavy atom. The highest BCUT2D eigenvalue weighted by Crippen LogP contribution is 2.32. The number of halogens is 1. The highest BCUT2D eigenvalue weighted by atomic mass is 32.1. The van der Waals surface area contributed by atoms with Crippen LogP contribution in [0.1, 0.15) is 41.2 Å². The molecule has 0 bridgehead atoms. The maximum Gasteiger partial charge on any atom is 0.271 e. The number of nitrogens with zero attached hydrogens (tertiary/aromatic N) is 1. The monoisotopic (exact) mass is 304 g/mol. The molecule has 2 aromatic rings. The molecule has 1 fully saturated rings. The Labute approximate surface area is 127 Å². The Bertz CT molecular complexity index is 662. The van der Waals surface area contributed by atoms with E-state index in [0.717, 1.165) is 30.7 Å². The van der Waals surface area contributed by atoms with E-state index in [9.17, 15) is 9.18 Å². The highest BCUT2D eigenvalue weighted by Gasteiger charge is 2.23. The largest absolute Gasteiger partial charge is 0.348 e. The molecule has 0 radical (unpaired) electrons. The SMILES string of the molecule is Cc1nc(C(=O)NC2CCCC2)c(-c2ccccc2F)s1. The van der Waals surface area contributed by atoms with E-state index in [0.29, 0.717) is 16.1 Å². The summed E-state index contributed by atoms with van der Waals surface area (Å²) >= 11 is 1.36. The van der Waals surface area contributed by atoms with Gasteiger partial charge in [0.1, 0.15) is 11.5 Å². The van der Waals surface area contributed by atoms with Crippen molar-refractivity contribution in [1.29, 1.82) is 0 Å². The van der Waals surface area contributed by atoms with E-state index < -0.39 is 0 Å². The summed E-state index contributed by atoms with van der Waals surface area (Å²) in [6.45, 7) is 1.83. The molecule has 1 aromatic carbocycles. The predicted octanol–water partition coefficient (Wildman–Crippen LogP) is 3.93. The lowest BCUT2D eigenvalue weighted by atomic mass is 10.1. The molecule has 3 nitrogen and oxygen atoms in total. The number of carbonyl (C=O) groups excluding carboxylic acids is 1. The molecule has 1 aromatic heterocycles. The molecule has 1 aliphatic rings. The second-order valence-electron chi connectivity index (χ2n) is 5.35. The fourth-order valence-corrected chi connectivity index (χ4v) is 3.68. The second-order valence-corrected chi connectivity index (χ2v) is 6.55. The van der Waals surface area contributed by atoms with Crippen molar-refractivity contribution < 1.29 is 9.18 Å². The molecule has 110 valence electrons. The molecular weight excluding hydrogens is 287 g/mol. The third kappa shape index (κ3) is 2.97. The lowest BCUT2D eigenvalue weighted by Gasteiger charge is -2.11. The minimum absolute atomic E-state index is 0.190. The number of benzene rings is 1. The molecule has 3 rings (SSSR count). The van der Waals surface area contributed by atoms with Gasteiger partial charge in [0.15, 0.2) is 0 Å². The van der Waals surface area contributed by atoms with Crippen molar-refractivity contribution in [2.75, 3.05) is 0 Å². The van der Waals surface area contributed by atoms with Gasteiger partial charge in [-0.25, -0.2) is 9.37 Å². The summed E-state index contributed by atoms with van der Waals surface area (Å²) in [6, 6.07) is 6.74. The molecule has 1 aliphatic carbocycles. The van der Waals surface area contributed by atoms with Crippen molar-refractivity contribution >= 4 is 17.2 Å². The van der Waals surface area contributed by atoms with Gasteiger partial charge in [0.2, 0.25) is 0 Å². The van der Waals surface area contributed by atoms with Gasteiger partial charge in [0.25, 0.3) is 5.91 Å². The number of aromatic nitrogens is 1. The van der Waals surface area contributed by atoms with E-state index in [2.05, 4.69) is 10.3 Å². The van der Waals surface area contributed by atoms with Crippen LogP contribution in [-0.2, 0) is 0 Å². The van der Waals surface area contributed by atoms with Crippen LogP contribution in [0.5, 0.6) is 0 Å². The quantitative estimate of drug-likeness (QED) is 0.933. The van der Waals surface area contributed by atoms with Gasteiger partial charge in [0, 0.05) is 11.6 Å². The van der Waals surface area contributed by atoms with Crippen LogP contribution in [0.25, 0.3) is 10.4 Å². The van der Waals surface area contributed by atoms with Crippen LogP contribution in [0.2, 0.25) is 0 Å². The van der Waals surface area contributed by atoms with Gasteiger partial charge >= 0.3 is 0 Å². The van der Waals surface area contributed by atoms with E-state index in [4.69, 9.17) is 0 Å². The summed E-state index contributed by atoms with van der Waals surface area (Å²) in [5.41, 5.74) is 0.786. The first kappa shape index (κ1) is 14.2. The van der Waals surface area contributed by atoms with Gasteiger partial charge < -0.3 is 5.32 Å². The maximum atomic E-state index is 14.0. The number of thiazole rings is 1. The number of hydrogen-bond acceptors (Lipinski definition) is 3. The number of nitrogens with one attached hydrogen (secondary N) is 1. The maximum absolute atomic E-state index is 14.0. The summed E-state index contributed by atoms with van der Waals surface area (Å²) in [5, 5.41) is 3.79. The zero-order valence-corrected chi connectivity index (χ0v) is 12.7. The molecule has 21 heavy (non-hydrogen) atoms. The second kappa shape index (κ2) is 5.93. The van der Waals surface area contributed by atoms with Crippen molar-refractivity contribution in [2.45, 2.75) is 38.6 Å². The molecule has 1 heterocycles. The van der Waals surface area contributed by atoms with Crippen molar-refractivity contribution in [2.24, 2.45) is 0 Å². The van der Waals surface area contributed by atoms with Gasteiger partial charge in [-0.2, -0.15) is 0 Å². The Hall–Kier alpha value is -1.75. The Morgan fingerprint density at radius 1 is 1.33 bits per heavy atom. The lowest BCUT2D eigenvalue weighted by Crippen LogP contribution is -2.33. The molecular formula is C16H17FN2OS. The normalized spacial score (nSPS) is 15.3. The predicted molar refractivity (Wildman–Crippen MR) is 82.0 cm³/mol. The summed E-state index contributed by atoms with van der Waals surface area (Å²) in [7, 11) is 0. The van der Waals surface area contributed by atoms with Gasteiger partial charge in [0.05, 0.1) is 9.88 Å². The van der Waals surface area contributed by atoms with Crippen LogP contribution in [0.3, 0.4) is 0 Å². The lowest BCUT2D eigenvalue weighted by molar-refractivity contribution is 0.0934. The fraction of sp³-hybridized carbons (Fsp3) is 0.375. The molecule has 1 N–H and O–H groups in total. The molecule has 1 amide bonds. The molecule has 1 saturated carbocycles. The zero-order valence-electron chi connectivity index (χ0n) is 11.9. The van der Waals surface area contributed by atoms with Crippen LogP contribution in [-0.4, -0.2) is 16.9 Å². The standard InChI is InChI=1S/C16H17FN2OS/c1-10-18-14(16(20)19-11-6-2-3-7-11)15(21-10)12-8-4-5-9-13(12)17/h4-5,8-9,11H,2-3,6-7H2,1H3,(H,19,20). The molecule has 0 atom stereocenters. The Kier molecular flexibility index (Phi) is 4.01. The van der Waals surface area contributed by atoms with E-state index in [1.807, 2.05) is 6.92 Å². The van der Waals surface area contributed by atoms with Gasteiger partial charge in [-0.3, -0.25) is 4.79 Å². The minimum Gasteiger partial charge on any atom is -0.348 e. The number of carbonyl (C=O) groups is 1. The molecule has 0 aliphatic heterocycles. The van der Waals surface area contributed by atoms with Gasteiger partial charge in [-0.1, -0.05) is 31.0 Å². The number of hydrogen-bond donors (Lipinski definition) is 1. The summed E-state index contributed by atoms with van der Waals surface area (Å²) < 4.78 is 14.0. The first-order valence-corrected chi connectivity index (χ1v) is 8.00. The summed E-state index contributed by atoms with van der Waals surface area (Å²) in [4.78, 5) is 17.4. The first-order valence-electron chi connectivity index (χ1n) is 7.18. The van der Waals surface area contributed by atoms with E-state index >= 15 is 0 Å². The van der Waals surface area contributed by atoms with Crippen LogP contribution >= 0.6 is 11.3 Å². The molecule has 0 spiro atoms. The van der Waals surface area contributed by atoms with Crippen LogP contribution in [0.15, 0.2) is 24.3 Å². The average Bonchev–Trinajstić information content (AvgIpc) is 3.09. The minimum atomic E-state index is -0.323. The third-order valence-electron chi connectivity index (χ3n) is 3.76. The number of aryl methyl sites for hydroxylation is 1. The smallest absolute Gasteiger partial charge is 0.271 e. The summed E-state index contributed by atoms with van der Waals surface area (Å²) in [5.74, 6) is -0.513.